The summed E-state index contributed by atoms with van der Waals surface area (Å²) >= 11 is 14.2. The van der Waals surface area contributed by atoms with E-state index in [0.717, 1.165) is 5.56 Å². The summed E-state index contributed by atoms with van der Waals surface area (Å²) in [5, 5.41) is 10.5. The molecule has 0 amide bonds. The standard InChI is InChI=1S/C28H38Cl2FN3O3SSi/c1-17(2)37-24-11-10-18(12-22(24)30)26-32-33-27(38-26)20-13-23(31)25(14-21(20)29)35-15-19(34(6)7)16-36-39(8,9)28(3,4)5/h10-14,17,19H,15-16H2,1-9H3/t19-/m0/s1. The molecule has 0 unspecified atom stereocenters. The van der Waals surface area contributed by atoms with E-state index >= 15 is 4.39 Å². The molecule has 6 nitrogen and oxygen atoms in total. The Morgan fingerprint density at radius 3 is 2.23 bits per heavy atom. The third-order valence-corrected chi connectivity index (χ3v) is 12.9. The Kier molecular flexibility index (Phi) is 10.5. The lowest BCUT2D eigenvalue weighted by Gasteiger charge is -2.38. The van der Waals surface area contributed by atoms with Gasteiger partial charge < -0.3 is 18.8 Å². The van der Waals surface area contributed by atoms with Crippen LogP contribution < -0.4 is 9.47 Å². The first-order chi connectivity index (χ1) is 18.1. The van der Waals surface area contributed by atoms with Crippen LogP contribution in [0.1, 0.15) is 34.6 Å². The zero-order valence-corrected chi connectivity index (χ0v) is 27.4. The molecule has 0 aliphatic rings. The van der Waals surface area contributed by atoms with E-state index < -0.39 is 14.1 Å². The van der Waals surface area contributed by atoms with Gasteiger partial charge in [0.1, 0.15) is 22.4 Å². The van der Waals surface area contributed by atoms with Gasteiger partial charge in [-0.3, -0.25) is 0 Å². The van der Waals surface area contributed by atoms with E-state index in [2.05, 4.69) is 44.1 Å². The van der Waals surface area contributed by atoms with Gasteiger partial charge >= 0.3 is 0 Å². The first-order valence-corrected chi connectivity index (χ1v) is 17.3. The molecule has 214 valence electrons. The van der Waals surface area contributed by atoms with Crippen LogP contribution in [-0.2, 0) is 4.43 Å². The Balaban J connectivity index is 1.73. The highest BCUT2D eigenvalue weighted by Gasteiger charge is 2.37. The maximum absolute atomic E-state index is 15.1. The first-order valence-electron chi connectivity index (χ1n) is 12.8. The van der Waals surface area contributed by atoms with Crippen molar-refractivity contribution in [2.24, 2.45) is 0 Å². The van der Waals surface area contributed by atoms with E-state index in [4.69, 9.17) is 37.1 Å². The number of likely N-dealkylation sites (N-methyl/N-ethyl adjacent to an activating group) is 1. The number of hydrogen-bond donors (Lipinski definition) is 0. The normalized spacial score (nSPS) is 13.3. The van der Waals surface area contributed by atoms with Crippen LogP contribution in [0.4, 0.5) is 4.39 Å². The highest BCUT2D eigenvalue weighted by molar-refractivity contribution is 7.18. The zero-order valence-electron chi connectivity index (χ0n) is 24.1. The second-order valence-corrected chi connectivity index (χ2v) is 18.1. The van der Waals surface area contributed by atoms with Crippen LogP contribution in [0.3, 0.4) is 0 Å². The molecule has 0 aliphatic carbocycles. The highest BCUT2D eigenvalue weighted by Crippen LogP contribution is 2.39. The molecule has 0 spiro atoms. The van der Waals surface area contributed by atoms with E-state index in [1.807, 2.05) is 38.9 Å². The van der Waals surface area contributed by atoms with Crippen molar-refractivity contribution < 1.29 is 18.3 Å². The molecule has 0 aliphatic heterocycles. The molecule has 0 radical (unpaired) electrons. The van der Waals surface area contributed by atoms with Gasteiger partial charge in [0.05, 0.1) is 28.8 Å². The molecule has 0 bridgehead atoms. The number of nitrogens with zero attached hydrogens (tertiary/aromatic N) is 3. The fourth-order valence-electron chi connectivity index (χ4n) is 3.29. The minimum Gasteiger partial charge on any atom is -0.489 e. The second kappa shape index (κ2) is 12.8. The third-order valence-electron chi connectivity index (χ3n) is 6.82. The number of rotatable bonds is 11. The molecular formula is C28H38Cl2FN3O3SSi. The van der Waals surface area contributed by atoms with Crippen molar-refractivity contribution in [2.45, 2.75) is 64.9 Å². The van der Waals surface area contributed by atoms with Gasteiger partial charge in [-0.2, -0.15) is 0 Å². The number of aromatic nitrogens is 2. The van der Waals surface area contributed by atoms with Crippen LogP contribution in [0.2, 0.25) is 28.2 Å². The Morgan fingerprint density at radius 2 is 1.64 bits per heavy atom. The molecule has 3 aromatic rings. The highest BCUT2D eigenvalue weighted by atomic mass is 35.5. The summed E-state index contributed by atoms with van der Waals surface area (Å²) in [4.78, 5) is 2.03. The first kappa shape index (κ1) is 31.8. The molecule has 1 heterocycles. The number of benzene rings is 2. The fourth-order valence-corrected chi connectivity index (χ4v) is 5.72. The van der Waals surface area contributed by atoms with Crippen molar-refractivity contribution in [1.82, 2.24) is 15.1 Å². The molecule has 0 saturated carbocycles. The van der Waals surface area contributed by atoms with Crippen molar-refractivity contribution in [3.05, 3.63) is 46.2 Å². The van der Waals surface area contributed by atoms with Crippen molar-refractivity contribution in [2.75, 3.05) is 27.3 Å². The van der Waals surface area contributed by atoms with Gasteiger partial charge in [0.2, 0.25) is 0 Å². The van der Waals surface area contributed by atoms with Crippen LogP contribution in [0.5, 0.6) is 11.5 Å². The zero-order chi connectivity index (χ0) is 29.1. The van der Waals surface area contributed by atoms with E-state index in [0.29, 0.717) is 38.0 Å². The van der Waals surface area contributed by atoms with Gasteiger partial charge in [0, 0.05) is 17.2 Å². The maximum atomic E-state index is 15.1. The van der Waals surface area contributed by atoms with Crippen molar-refractivity contribution in [1.29, 1.82) is 0 Å². The summed E-state index contributed by atoms with van der Waals surface area (Å²) < 4.78 is 33.1. The van der Waals surface area contributed by atoms with Gasteiger partial charge in [-0.25, -0.2) is 4.39 Å². The van der Waals surface area contributed by atoms with E-state index in [9.17, 15) is 0 Å². The lowest BCUT2D eigenvalue weighted by atomic mass is 10.2. The molecule has 2 aromatic carbocycles. The largest absolute Gasteiger partial charge is 0.489 e. The van der Waals surface area contributed by atoms with Gasteiger partial charge in [0.15, 0.2) is 19.9 Å². The third kappa shape index (κ3) is 8.14. The molecule has 0 N–H and O–H groups in total. The summed E-state index contributed by atoms with van der Waals surface area (Å²) in [7, 11) is 1.99. The average Bonchev–Trinajstić information content (AvgIpc) is 3.31. The minimum absolute atomic E-state index is 0.00912. The minimum atomic E-state index is -1.92. The number of ether oxygens (including phenoxy) is 2. The van der Waals surface area contributed by atoms with Crippen LogP contribution in [0, 0.1) is 5.82 Å². The van der Waals surface area contributed by atoms with Crippen molar-refractivity contribution >= 4 is 42.9 Å². The summed E-state index contributed by atoms with van der Waals surface area (Å²) in [6, 6.07) is 8.22. The van der Waals surface area contributed by atoms with Crippen LogP contribution in [-0.4, -0.2) is 62.9 Å². The van der Waals surface area contributed by atoms with Gasteiger partial charge in [-0.1, -0.05) is 55.3 Å². The smallest absolute Gasteiger partial charge is 0.192 e. The topological polar surface area (TPSA) is 56.7 Å². The summed E-state index contributed by atoms with van der Waals surface area (Å²) in [5.74, 6) is 0.163. The van der Waals surface area contributed by atoms with Gasteiger partial charge in [-0.05, 0) is 70.3 Å². The molecule has 0 fully saturated rings. The Morgan fingerprint density at radius 1 is 0.974 bits per heavy atom. The van der Waals surface area contributed by atoms with E-state index in [1.54, 1.807) is 12.1 Å². The van der Waals surface area contributed by atoms with Crippen molar-refractivity contribution in [3.63, 3.8) is 0 Å². The Hall–Kier alpha value is -1.75. The lowest BCUT2D eigenvalue weighted by Crippen LogP contribution is -2.46. The second-order valence-electron chi connectivity index (χ2n) is 11.5. The summed E-state index contributed by atoms with van der Waals surface area (Å²) in [6.07, 6.45) is 0.00912. The molecule has 11 heteroatoms. The Labute approximate surface area is 246 Å². The molecule has 39 heavy (non-hydrogen) atoms. The monoisotopic (exact) mass is 613 g/mol. The molecule has 1 atom stereocenters. The predicted octanol–water partition coefficient (Wildman–Crippen LogP) is 8.44. The lowest BCUT2D eigenvalue weighted by molar-refractivity contribution is 0.120. The molecular weight excluding hydrogens is 576 g/mol. The quantitative estimate of drug-likeness (QED) is 0.202. The van der Waals surface area contributed by atoms with Gasteiger partial charge in [-0.15, -0.1) is 10.2 Å². The summed E-state index contributed by atoms with van der Waals surface area (Å²) in [6.45, 7) is 15.7. The van der Waals surface area contributed by atoms with Crippen molar-refractivity contribution in [3.8, 4) is 32.6 Å². The van der Waals surface area contributed by atoms with Crippen LogP contribution in [0.25, 0.3) is 21.1 Å². The molecule has 1 aromatic heterocycles. The summed E-state index contributed by atoms with van der Waals surface area (Å²) in [5.41, 5.74) is 1.23. The van der Waals surface area contributed by atoms with Crippen LogP contribution >= 0.6 is 34.5 Å². The SMILES string of the molecule is CC(C)Oc1ccc(-c2nnc(-c3cc(F)c(OC[C@@H](CO[Si](C)(C)C(C)(C)C)N(C)C)cc3Cl)s2)cc1Cl. The average molecular weight is 615 g/mol. The molecule has 0 saturated heterocycles. The van der Waals surface area contributed by atoms with E-state index in [1.165, 1.54) is 23.5 Å². The van der Waals surface area contributed by atoms with Crippen LogP contribution in [0.15, 0.2) is 30.3 Å². The van der Waals surface area contributed by atoms with Gasteiger partial charge in [0.25, 0.3) is 0 Å². The number of halogens is 3. The Bertz CT molecular complexity index is 1280. The number of hydrogen-bond acceptors (Lipinski definition) is 7. The predicted molar refractivity (Wildman–Crippen MR) is 163 cm³/mol. The maximum Gasteiger partial charge on any atom is 0.192 e. The fraction of sp³-hybridized carbons (Fsp3) is 0.500. The molecule has 3 rings (SSSR count). The van der Waals surface area contributed by atoms with E-state index in [-0.39, 0.29) is 29.5 Å².